The van der Waals surface area contributed by atoms with Crippen molar-refractivity contribution in [3.63, 3.8) is 0 Å². The average molecular weight is 365 g/mol. The molecule has 4 rings (SSSR count). The second-order valence-electron chi connectivity index (χ2n) is 6.80. The van der Waals surface area contributed by atoms with Gasteiger partial charge in [0, 0.05) is 17.7 Å². The molecule has 1 aliphatic heterocycles. The molecule has 0 unspecified atom stereocenters. The molecule has 0 atom stereocenters. The van der Waals surface area contributed by atoms with Gasteiger partial charge in [-0.25, -0.2) is 4.79 Å². The number of carbonyl (C=O) groups is 2. The smallest absolute Gasteiger partial charge is 0.329 e. The number of carbonyl (C=O) groups excluding carboxylic acids is 2. The molecule has 0 spiro atoms. The Morgan fingerprint density at radius 3 is 2.70 bits per heavy atom. The predicted molar refractivity (Wildman–Crippen MR) is 99.8 cm³/mol. The van der Waals surface area contributed by atoms with Crippen LogP contribution in [0.25, 0.3) is 17.4 Å². The number of nitrogens with one attached hydrogen (secondary N) is 1. The average Bonchev–Trinajstić information content (AvgIpc) is 3.27. The van der Waals surface area contributed by atoms with Gasteiger partial charge in [-0.05, 0) is 42.3 Å². The molecule has 1 N–H and O–H groups in total. The first-order chi connectivity index (χ1) is 13.2. The van der Waals surface area contributed by atoms with E-state index in [0.717, 1.165) is 32.1 Å². The maximum atomic E-state index is 12.7. The Labute approximate surface area is 156 Å². The summed E-state index contributed by atoms with van der Waals surface area (Å²) in [5.41, 5.74) is 1.24. The van der Waals surface area contributed by atoms with Crippen LogP contribution in [0.4, 0.5) is 10.5 Å². The highest BCUT2D eigenvalue weighted by atomic mass is 16.3. The van der Waals surface area contributed by atoms with Crippen LogP contribution in [-0.4, -0.2) is 22.9 Å². The third-order valence-electron chi connectivity index (χ3n) is 5.00. The van der Waals surface area contributed by atoms with E-state index in [1.54, 1.807) is 36.4 Å². The third-order valence-corrected chi connectivity index (χ3v) is 5.00. The van der Waals surface area contributed by atoms with E-state index in [1.807, 2.05) is 0 Å². The fraction of sp³-hybridized carbons (Fsp3) is 0.300. The van der Waals surface area contributed by atoms with Gasteiger partial charge in [0.1, 0.15) is 22.9 Å². The number of hydrogen-bond donors (Lipinski definition) is 1. The first-order valence-electron chi connectivity index (χ1n) is 9.05. The molecule has 138 valence electrons. The zero-order valence-electron chi connectivity index (χ0n) is 14.7. The summed E-state index contributed by atoms with van der Waals surface area (Å²) in [5.74, 6) is 0.689. The number of furan rings is 1. The van der Waals surface area contributed by atoms with Gasteiger partial charge in [-0.1, -0.05) is 31.4 Å². The summed E-state index contributed by atoms with van der Waals surface area (Å²) in [4.78, 5) is 37.0. The molecule has 1 saturated heterocycles. The normalized spacial score (nSPS) is 19.6. The van der Waals surface area contributed by atoms with E-state index in [2.05, 4.69) is 10.5 Å². The molecule has 2 heterocycles. The molecule has 1 aliphatic carbocycles. The van der Waals surface area contributed by atoms with E-state index in [1.165, 1.54) is 11.0 Å². The van der Waals surface area contributed by atoms with Crippen LogP contribution in [0.2, 0.25) is 0 Å². The van der Waals surface area contributed by atoms with Gasteiger partial charge in [0.25, 0.3) is 5.91 Å². The molecule has 3 amide bonds. The van der Waals surface area contributed by atoms with Crippen LogP contribution in [-0.2, 0) is 4.79 Å². The van der Waals surface area contributed by atoms with Crippen LogP contribution in [0.3, 0.4) is 0 Å². The van der Waals surface area contributed by atoms with Crippen molar-refractivity contribution < 1.29 is 14.0 Å². The van der Waals surface area contributed by atoms with Crippen molar-refractivity contribution in [2.45, 2.75) is 38.1 Å². The molecule has 0 bridgehead atoms. The van der Waals surface area contributed by atoms with Crippen LogP contribution < -0.4 is 5.32 Å². The lowest BCUT2D eigenvalue weighted by molar-refractivity contribution is -0.124. The van der Waals surface area contributed by atoms with Crippen LogP contribution >= 0.6 is 0 Å². The maximum absolute atomic E-state index is 12.7. The third kappa shape index (κ3) is 3.40. The summed E-state index contributed by atoms with van der Waals surface area (Å²) < 4.78 is 5.75. The lowest BCUT2D eigenvalue weighted by atomic mass is 9.94. The summed E-state index contributed by atoms with van der Waals surface area (Å²) >= 11 is 0. The topological polar surface area (TPSA) is 92.0 Å². The predicted octanol–water partition coefficient (Wildman–Crippen LogP) is 4.57. The summed E-state index contributed by atoms with van der Waals surface area (Å²) in [5, 5.41) is 5.57. The molecule has 0 radical (unpaired) electrons. The van der Waals surface area contributed by atoms with E-state index in [0.29, 0.717) is 22.8 Å². The molecule has 1 aromatic carbocycles. The zero-order chi connectivity index (χ0) is 18.8. The first-order valence-corrected chi connectivity index (χ1v) is 9.05. The van der Waals surface area contributed by atoms with Gasteiger partial charge in [0.15, 0.2) is 0 Å². The molecule has 2 fully saturated rings. The van der Waals surface area contributed by atoms with Crippen LogP contribution in [0.1, 0.15) is 37.9 Å². The van der Waals surface area contributed by atoms with Crippen LogP contribution in [0.5, 0.6) is 0 Å². The molecule has 27 heavy (non-hydrogen) atoms. The van der Waals surface area contributed by atoms with Crippen molar-refractivity contribution in [1.29, 1.82) is 0 Å². The summed E-state index contributed by atoms with van der Waals surface area (Å²) in [6.07, 6.45) is 6.48. The number of nitroso groups, excluding NO2 is 1. The van der Waals surface area contributed by atoms with Gasteiger partial charge in [-0.15, -0.1) is 4.91 Å². The Hall–Kier alpha value is -3.22. The minimum Gasteiger partial charge on any atom is -0.457 e. The summed E-state index contributed by atoms with van der Waals surface area (Å²) in [7, 11) is 0. The standard InChI is InChI=1S/C20H19N3O4/c24-19-17(21-20(25)23(19)15-7-2-1-3-8-15)12-16-9-10-18(27-16)13-5-4-6-14(11-13)22-26/h4-6,9-12,15H,1-3,7-8H2,(H,21,25)/b17-12-. The Bertz CT molecular complexity index is 925. The lowest BCUT2D eigenvalue weighted by Gasteiger charge is -2.28. The fourth-order valence-electron chi connectivity index (χ4n) is 3.66. The second kappa shape index (κ2) is 7.19. The lowest BCUT2D eigenvalue weighted by Crippen LogP contribution is -2.41. The number of nitrogens with zero attached hydrogens (tertiary/aromatic N) is 2. The van der Waals surface area contributed by atoms with Gasteiger partial charge in [0.2, 0.25) is 0 Å². The molecule has 7 nitrogen and oxygen atoms in total. The highest BCUT2D eigenvalue weighted by Gasteiger charge is 2.39. The van der Waals surface area contributed by atoms with Gasteiger partial charge in [-0.3, -0.25) is 9.69 Å². The first kappa shape index (κ1) is 17.2. The van der Waals surface area contributed by atoms with Gasteiger partial charge in [0.05, 0.1) is 0 Å². The maximum Gasteiger partial charge on any atom is 0.329 e. The van der Waals surface area contributed by atoms with E-state index >= 15 is 0 Å². The van der Waals surface area contributed by atoms with Crippen LogP contribution in [0, 0.1) is 4.91 Å². The van der Waals surface area contributed by atoms with Crippen molar-refractivity contribution in [3.05, 3.63) is 52.8 Å². The van der Waals surface area contributed by atoms with Crippen molar-refractivity contribution in [1.82, 2.24) is 10.2 Å². The number of rotatable bonds is 4. The largest absolute Gasteiger partial charge is 0.457 e. The van der Waals surface area contributed by atoms with Gasteiger partial charge < -0.3 is 9.73 Å². The molecular weight excluding hydrogens is 346 g/mol. The molecule has 7 heteroatoms. The van der Waals surface area contributed by atoms with E-state index in [4.69, 9.17) is 4.42 Å². The molecule has 1 saturated carbocycles. The number of benzene rings is 1. The Morgan fingerprint density at radius 1 is 1.11 bits per heavy atom. The summed E-state index contributed by atoms with van der Waals surface area (Å²) in [6.45, 7) is 0. The van der Waals surface area contributed by atoms with E-state index in [-0.39, 0.29) is 23.7 Å². The van der Waals surface area contributed by atoms with Gasteiger partial charge >= 0.3 is 6.03 Å². The minimum atomic E-state index is -0.366. The molecular formula is C20H19N3O4. The number of urea groups is 1. The van der Waals surface area contributed by atoms with Crippen LogP contribution in [0.15, 0.2) is 51.7 Å². The molecule has 2 aliphatic rings. The minimum absolute atomic E-state index is 0.0251. The van der Waals surface area contributed by atoms with E-state index in [9.17, 15) is 14.5 Å². The van der Waals surface area contributed by atoms with Crippen molar-refractivity contribution >= 4 is 23.7 Å². The number of hydrogen-bond acceptors (Lipinski definition) is 5. The molecule has 1 aromatic heterocycles. The van der Waals surface area contributed by atoms with Crippen molar-refractivity contribution in [2.24, 2.45) is 5.18 Å². The monoisotopic (exact) mass is 365 g/mol. The number of amides is 3. The summed E-state index contributed by atoms with van der Waals surface area (Å²) in [6, 6.07) is 9.82. The quantitative estimate of drug-likeness (QED) is 0.488. The van der Waals surface area contributed by atoms with Gasteiger partial charge in [-0.2, -0.15) is 0 Å². The Morgan fingerprint density at radius 2 is 1.93 bits per heavy atom. The van der Waals surface area contributed by atoms with E-state index < -0.39 is 0 Å². The Kier molecular flexibility index (Phi) is 4.58. The number of imide groups is 1. The van der Waals surface area contributed by atoms with Crippen molar-refractivity contribution in [2.75, 3.05) is 0 Å². The highest BCUT2D eigenvalue weighted by Crippen LogP contribution is 2.29. The fourth-order valence-corrected chi connectivity index (χ4v) is 3.66. The Balaban J connectivity index is 1.55. The second-order valence-corrected chi connectivity index (χ2v) is 6.80. The zero-order valence-corrected chi connectivity index (χ0v) is 14.7. The SMILES string of the molecule is O=Nc1cccc(-c2ccc(/C=C3\NC(=O)N(C4CCCCC4)C3=O)o2)c1. The molecule has 2 aromatic rings. The highest BCUT2D eigenvalue weighted by molar-refractivity contribution is 6.14. The van der Waals surface area contributed by atoms with Crippen molar-refractivity contribution in [3.8, 4) is 11.3 Å².